The predicted octanol–water partition coefficient (Wildman–Crippen LogP) is 1.94. The maximum absolute atomic E-state index is 13.1. The number of halogens is 2. The first-order valence-corrected chi connectivity index (χ1v) is 8.93. The fourth-order valence-corrected chi connectivity index (χ4v) is 3.71. The SMILES string of the molecule is CN(C)S(=O)(=O)N1CCC(C(=O)Nc2ccc(F)c(Cl)c2)CC1. The second kappa shape index (κ2) is 7.12. The highest BCUT2D eigenvalue weighted by atomic mass is 35.5. The lowest BCUT2D eigenvalue weighted by Crippen LogP contribution is -2.46. The summed E-state index contributed by atoms with van der Waals surface area (Å²) < 4.78 is 39.7. The maximum Gasteiger partial charge on any atom is 0.281 e. The molecule has 1 aliphatic heterocycles. The van der Waals surface area contributed by atoms with Gasteiger partial charge in [-0.15, -0.1) is 0 Å². The van der Waals surface area contributed by atoms with Gasteiger partial charge >= 0.3 is 0 Å². The van der Waals surface area contributed by atoms with E-state index in [9.17, 15) is 17.6 Å². The first-order valence-electron chi connectivity index (χ1n) is 7.15. The number of amides is 1. The molecule has 0 saturated carbocycles. The Bertz CT molecular complexity index is 689. The number of hydrogen-bond acceptors (Lipinski definition) is 3. The number of benzene rings is 1. The number of rotatable bonds is 4. The van der Waals surface area contributed by atoms with E-state index in [1.165, 1.54) is 36.6 Å². The molecule has 0 unspecified atom stereocenters. The van der Waals surface area contributed by atoms with E-state index < -0.39 is 16.0 Å². The molecule has 1 aliphatic rings. The van der Waals surface area contributed by atoms with E-state index in [2.05, 4.69) is 5.32 Å². The van der Waals surface area contributed by atoms with Crippen LogP contribution in [0.4, 0.5) is 10.1 Å². The van der Waals surface area contributed by atoms with Crippen LogP contribution >= 0.6 is 11.6 Å². The quantitative estimate of drug-likeness (QED) is 0.888. The fourth-order valence-electron chi connectivity index (χ4n) is 2.40. The molecule has 9 heteroatoms. The summed E-state index contributed by atoms with van der Waals surface area (Å²) in [6.45, 7) is 0.589. The maximum atomic E-state index is 13.1. The number of piperidine rings is 1. The lowest BCUT2D eigenvalue weighted by molar-refractivity contribution is -0.120. The summed E-state index contributed by atoms with van der Waals surface area (Å²) >= 11 is 5.68. The van der Waals surface area contributed by atoms with Gasteiger partial charge in [-0.25, -0.2) is 4.39 Å². The molecular formula is C14H19ClFN3O3S. The number of carbonyl (C=O) groups excluding carboxylic acids is 1. The highest BCUT2D eigenvalue weighted by molar-refractivity contribution is 7.86. The van der Waals surface area contributed by atoms with E-state index in [1.54, 1.807) is 0 Å². The van der Waals surface area contributed by atoms with Crippen molar-refractivity contribution < 1.29 is 17.6 Å². The average Bonchev–Trinajstić information content (AvgIpc) is 2.51. The minimum Gasteiger partial charge on any atom is -0.326 e. The zero-order chi connectivity index (χ0) is 17.2. The summed E-state index contributed by atoms with van der Waals surface area (Å²) in [5.41, 5.74) is 0.421. The van der Waals surface area contributed by atoms with Gasteiger partial charge in [0.15, 0.2) is 0 Å². The molecule has 1 aromatic rings. The smallest absolute Gasteiger partial charge is 0.281 e. The first kappa shape index (κ1) is 18.1. The second-order valence-electron chi connectivity index (χ2n) is 5.58. The Morgan fingerprint density at radius 1 is 1.35 bits per heavy atom. The number of hydrogen-bond donors (Lipinski definition) is 1. The van der Waals surface area contributed by atoms with Crippen molar-refractivity contribution in [2.24, 2.45) is 5.92 Å². The molecular weight excluding hydrogens is 345 g/mol. The molecule has 0 bridgehead atoms. The molecule has 1 aromatic carbocycles. The molecule has 2 rings (SSSR count). The van der Waals surface area contributed by atoms with E-state index in [4.69, 9.17) is 11.6 Å². The second-order valence-corrected chi connectivity index (χ2v) is 8.13. The first-order chi connectivity index (χ1) is 10.7. The molecule has 1 fully saturated rings. The van der Waals surface area contributed by atoms with Crippen molar-refractivity contribution in [1.29, 1.82) is 0 Å². The molecule has 0 aliphatic carbocycles. The summed E-state index contributed by atoms with van der Waals surface area (Å²) in [5.74, 6) is -1.05. The van der Waals surface area contributed by atoms with Gasteiger partial charge in [-0.1, -0.05) is 11.6 Å². The van der Waals surface area contributed by atoms with Crippen LogP contribution in [0, 0.1) is 11.7 Å². The van der Waals surface area contributed by atoms with Crippen molar-refractivity contribution in [1.82, 2.24) is 8.61 Å². The Labute approximate surface area is 140 Å². The van der Waals surface area contributed by atoms with Crippen LogP contribution in [-0.4, -0.2) is 50.1 Å². The van der Waals surface area contributed by atoms with Gasteiger partial charge in [-0.2, -0.15) is 17.0 Å². The van der Waals surface area contributed by atoms with Crippen LogP contribution in [0.3, 0.4) is 0 Å². The Balaban J connectivity index is 1.95. The number of nitrogens with zero attached hydrogens (tertiary/aromatic N) is 2. The lowest BCUT2D eigenvalue weighted by atomic mass is 9.97. The van der Waals surface area contributed by atoms with Gasteiger partial charge < -0.3 is 5.32 Å². The van der Waals surface area contributed by atoms with Gasteiger partial charge in [-0.05, 0) is 31.0 Å². The molecule has 0 atom stereocenters. The third-order valence-corrected chi connectivity index (χ3v) is 6.03. The van der Waals surface area contributed by atoms with Gasteiger partial charge in [0.25, 0.3) is 10.2 Å². The summed E-state index contributed by atoms with van der Waals surface area (Å²) in [4.78, 5) is 12.2. The van der Waals surface area contributed by atoms with Crippen molar-refractivity contribution in [3.8, 4) is 0 Å². The Hall–Kier alpha value is -1.22. The third kappa shape index (κ3) is 4.20. The highest BCUT2D eigenvalue weighted by Gasteiger charge is 2.32. The lowest BCUT2D eigenvalue weighted by Gasteiger charge is -2.32. The van der Waals surface area contributed by atoms with E-state index in [0.29, 0.717) is 31.6 Å². The van der Waals surface area contributed by atoms with Crippen molar-refractivity contribution in [2.75, 3.05) is 32.5 Å². The van der Waals surface area contributed by atoms with E-state index in [1.807, 2.05) is 0 Å². The number of anilines is 1. The standard InChI is InChI=1S/C14H19ClFN3O3S/c1-18(2)23(21,22)19-7-5-10(6-8-19)14(20)17-11-3-4-13(16)12(15)9-11/h3-4,9-10H,5-8H2,1-2H3,(H,17,20). The molecule has 6 nitrogen and oxygen atoms in total. The fraction of sp³-hybridized carbons (Fsp3) is 0.500. The van der Waals surface area contributed by atoms with Crippen LogP contribution in [-0.2, 0) is 15.0 Å². The van der Waals surface area contributed by atoms with Crippen LogP contribution < -0.4 is 5.32 Å². The van der Waals surface area contributed by atoms with E-state index in [0.717, 1.165) is 4.31 Å². The molecule has 0 spiro atoms. The predicted molar refractivity (Wildman–Crippen MR) is 86.9 cm³/mol. The number of carbonyl (C=O) groups is 1. The molecule has 23 heavy (non-hydrogen) atoms. The summed E-state index contributed by atoms with van der Waals surface area (Å²) in [6.07, 6.45) is 0.877. The van der Waals surface area contributed by atoms with Crippen molar-refractivity contribution in [2.45, 2.75) is 12.8 Å². The largest absolute Gasteiger partial charge is 0.326 e. The minimum absolute atomic E-state index is 0.0605. The summed E-state index contributed by atoms with van der Waals surface area (Å²) in [5, 5.41) is 2.63. The van der Waals surface area contributed by atoms with E-state index in [-0.39, 0.29) is 16.8 Å². The van der Waals surface area contributed by atoms with Crippen molar-refractivity contribution in [3.63, 3.8) is 0 Å². The molecule has 1 N–H and O–H groups in total. The van der Waals surface area contributed by atoms with Crippen LogP contribution in [0.1, 0.15) is 12.8 Å². The van der Waals surface area contributed by atoms with Gasteiger partial charge in [0.05, 0.1) is 5.02 Å². The topological polar surface area (TPSA) is 69.7 Å². The van der Waals surface area contributed by atoms with Crippen LogP contribution in [0.25, 0.3) is 0 Å². The van der Waals surface area contributed by atoms with Crippen molar-refractivity contribution >= 4 is 33.4 Å². The molecule has 1 heterocycles. The third-order valence-electron chi connectivity index (χ3n) is 3.80. The van der Waals surface area contributed by atoms with Crippen LogP contribution in [0.5, 0.6) is 0 Å². The van der Waals surface area contributed by atoms with Crippen LogP contribution in [0.15, 0.2) is 18.2 Å². The van der Waals surface area contributed by atoms with Crippen molar-refractivity contribution in [3.05, 3.63) is 29.0 Å². The van der Waals surface area contributed by atoms with E-state index >= 15 is 0 Å². The minimum atomic E-state index is -3.44. The average molecular weight is 364 g/mol. The summed E-state index contributed by atoms with van der Waals surface area (Å²) in [6, 6.07) is 3.97. The molecule has 1 saturated heterocycles. The summed E-state index contributed by atoms with van der Waals surface area (Å²) in [7, 11) is -0.485. The Morgan fingerprint density at radius 2 is 1.96 bits per heavy atom. The van der Waals surface area contributed by atoms with Gasteiger partial charge in [0.1, 0.15) is 5.82 Å². The Morgan fingerprint density at radius 3 is 2.48 bits per heavy atom. The molecule has 1 amide bonds. The number of nitrogens with one attached hydrogen (secondary N) is 1. The zero-order valence-electron chi connectivity index (χ0n) is 12.9. The van der Waals surface area contributed by atoms with Gasteiger partial charge in [0.2, 0.25) is 5.91 Å². The zero-order valence-corrected chi connectivity index (χ0v) is 14.5. The monoisotopic (exact) mass is 363 g/mol. The highest BCUT2D eigenvalue weighted by Crippen LogP contribution is 2.24. The Kier molecular flexibility index (Phi) is 5.61. The van der Waals surface area contributed by atoms with Crippen LogP contribution in [0.2, 0.25) is 5.02 Å². The molecule has 0 radical (unpaired) electrons. The molecule has 0 aromatic heterocycles. The van der Waals surface area contributed by atoms with Gasteiger partial charge in [-0.3, -0.25) is 4.79 Å². The normalized spacial score (nSPS) is 17.4. The molecule has 128 valence electrons. The van der Waals surface area contributed by atoms with Gasteiger partial charge in [0, 0.05) is 38.8 Å².